The molecule has 0 aromatic rings. The Hall–Kier alpha value is -1.83. The third kappa shape index (κ3) is 7.32. The highest BCUT2D eigenvalue weighted by Crippen LogP contribution is 2.17. The molecule has 1 heterocycles. The van der Waals surface area contributed by atoms with Gasteiger partial charge in [0.15, 0.2) is 0 Å². The molecule has 1 saturated heterocycles. The number of amides is 2. The highest BCUT2D eigenvalue weighted by Gasteiger charge is 2.22. The molecule has 0 unspecified atom stereocenters. The number of likely N-dealkylation sites (N-methyl/N-ethyl adjacent to an activating group) is 1. The summed E-state index contributed by atoms with van der Waals surface area (Å²) < 4.78 is 0. The normalized spacial score (nSPS) is 19.4. The summed E-state index contributed by atoms with van der Waals surface area (Å²) in [7, 11) is 0. The molecule has 2 rings (SSSR count). The van der Waals surface area contributed by atoms with Crippen LogP contribution in [0.1, 0.15) is 39.0 Å². The minimum atomic E-state index is -1.82. The zero-order valence-corrected chi connectivity index (χ0v) is 13.7. The summed E-state index contributed by atoms with van der Waals surface area (Å²) >= 11 is 0. The molecular formula is C15H27N3O5. The zero-order valence-electron chi connectivity index (χ0n) is 13.7. The molecule has 0 radical (unpaired) electrons. The third-order valence-corrected chi connectivity index (χ3v) is 4.22. The predicted octanol–water partition coefficient (Wildman–Crippen LogP) is 0.822. The molecule has 3 N–H and O–H groups in total. The Bertz CT molecular complexity index is 390. The van der Waals surface area contributed by atoms with Crippen LogP contribution in [0, 0.1) is 0 Å². The fourth-order valence-electron chi connectivity index (χ4n) is 2.78. The number of aliphatic carboxylic acids is 2. The van der Waals surface area contributed by atoms with E-state index in [9.17, 15) is 4.79 Å². The maximum absolute atomic E-state index is 12.1. The lowest BCUT2D eigenvalue weighted by Crippen LogP contribution is -2.53. The maximum Gasteiger partial charge on any atom is 0.414 e. The van der Waals surface area contributed by atoms with Crippen LogP contribution in [0.15, 0.2) is 0 Å². The molecular weight excluding hydrogens is 302 g/mol. The SMILES string of the molecule is CCN1CCN(C(=O)NC2CCCCC2)CC1.O=C(O)C(=O)O. The summed E-state index contributed by atoms with van der Waals surface area (Å²) in [6.07, 6.45) is 6.21. The first kappa shape index (κ1) is 19.2. The molecule has 132 valence electrons. The second-order valence-corrected chi connectivity index (χ2v) is 5.82. The van der Waals surface area contributed by atoms with Crippen LogP contribution in [0.25, 0.3) is 0 Å². The Kier molecular flexibility index (Phi) is 8.39. The lowest BCUT2D eigenvalue weighted by atomic mass is 9.96. The minimum absolute atomic E-state index is 0.160. The first-order valence-electron chi connectivity index (χ1n) is 8.18. The van der Waals surface area contributed by atoms with Gasteiger partial charge in [0.1, 0.15) is 0 Å². The van der Waals surface area contributed by atoms with E-state index in [1.165, 1.54) is 32.1 Å². The molecule has 0 aromatic heterocycles. The number of nitrogens with one attached hydrogen (secondary N) is 1. The predicted molar refractivity (Wildman–Crippen MR) is 84.4 cm³/mol. The Morgan fingerprint density at radius 3 is 1.91 bits per heavy atom. The molecule has 0 bridgehead atoms. The first-order valence-corrected chi connectivity index (χ1v) is 8.18. The van der Waals surface area contributed by atoms with Gasteiger partial charge in [0.05, 0.1) is 0 Å². The second-order valence-electron chi connectivity index (χ2n) is 5.82. The van der Waals surface area contributed by atoms with Gasteiger partial charge in [-0.15, -0.1) is 0 Å². The summed E-state index contributed by atoms with van der Waals surface area (Å²) in [6, 6.07) is 0.591. The lowest BCUT2D eigenvalue weighted by Gasteiger charge is -2.35. The molecule has 1 saturated carbocycles. The van der Waals surface area contributed by atoms with Gasteiger partial charge in [-0.2, -0.15) is 0 Å². The highest BCUT2D eigenvalue weighted by molar-refractivity contribution is 6.27. The largest absolute Gasteiger partial charge is 0.473 e. The van der Waals surface area contributed by atoms with E-state index in [0.29, 0.717) is 6.04 Å². The van der Waals surface area contributed by atoms with Crippen molar-refractivity contribution in [2.45, 2.75) is 45.1 Å². The average molecular weight is 329 g/mol. The molecule has 2 amide bonds. The number of carbonyl (C=O) groups excluding carboxylic acids is 1. The number of rotatable bonds is 2. The third-order valence-electron chi connectivity index (χ3n) is 4.22. The van der Waals surface area contributed by atoms with Gasteiger partial charge in [-0.3, -0.25) is 0 Å². The number of hydrogen-bond donors (Lipinski definition) is 3. The van der Waals surface area contributed by atoms with Crippen LogP contribution < -0.4 is 5.32 Å². The monoisotopic (exact) mass is 329 g/mol. The molecule has 23 heavy (non-hydrogen) atoms. The minimum Gasteiger partial charge on any atom is -0.473 e. The van der Waals surface area contributed by atoms with Gasteiger partial charge in [-0.1, -0.05) is 26.2 Å². The van der Waals surface area contributed by atoms with Crippen LogP contribution in [-0.4, -0.2) is 76.7 Å². The molecule has 1 aliphatic heterocycles. The van der Waals surface area contributed by atoms with Gasteiger partial charge in [0.25, 0.3) is 0 Å². The van der Waals surface area contributed by atoms with Crippen LogP contribution >= 0.6 is 0 Å². The van der Waals surface area contributed by atoms with E-state index in [1.807, 2.05) is 4.90 Å². The standard InChI is InChI=1S/C13H25N3O.C2H2O4/c1-2-15-8-10-16(11-9-15)13(17)14-12-6-4-3-5-7-12;3-1(4)2(5)6/h12H,2-11H2,1H3,(H,14,17);(H,3,4)(H,5,6). The number of carboxylic acids is 2. The Balaban J connectivity index is 0.000000379. The summed E-state index contributed by atoms with van der Waals surface area (Å²) in [5.74, 6) is -3.65. The van der Waals surface area contributed by atoms with Crippen molar-refractivity contribution in [1.82, 2.24) is 15.1 Å². The van der Waals surface area contributed by atoms with Crippen molar-refractivity contribution < 1.29 is 24.6 Å². The molecule has 2 fully saturated rings. The van der Waals surface area contributed by atoms with E-state index in [4.69, 9.17) is 19.8 Å². The quantitative estimate of drug-likeness (QED) is 0.647. The number of hydrogen-bond acceptors (Lipinski definition) is 4. The Morgan fingerprint density at radius 2 is 1.48 bits per heavy atom. The van der Waals surface area contributed by atoms with Crippen molar-refractivity contribution in [1.29, 1.82) is 0 Å². The van der Waals surface area contributed by atoms with Gasteiger partial charge < -0.3 is 25.3 Å². The number of piperazine rings is 1. The van der Waals surface area contributed by atoms with E-state index < -0.39 is 11.9 Å². The van der Waals surface area contributed by atoms with Crippen LogP contribution in [0.5, 0.6) is 0 Å². The molecule has 0 aromatic carbocycles. The number of carbonyl (C=O) groups is 3. The lowest BCUT2D eigenvalue weighted by molar-refractivity contribution is -0.159. The number of carboxylic acid groups (broad SMARTS) is 2. The zero-order chi connectivity index (χ0) is 17.2. The van der Waals surface area contributed by atoms with E-state index in [2.05, 4.69) is 17.1 Å². The van der Waals surface area contributed by atoms with Gasteiger partial charge in [-0.25, -0.2) is 14.4 Å². The Morgan fingerprint density at radius 1 is 0.957 bits per heavy atom. The fourth-order valence-corrected chi connectivity index (χ4v) is 2.78. The van der Waals surface area contributed by atoms with Crippen LogP contribution in [-0.2, 0) is 9.59 Å². The van der Waals surface area contributed by atoms with Crippen molar-refractivity contribution in [2.24, 2.45) is 0 Å². The van der Waals surface area contributed by atoms with Crippen LogP contribution in [0.3, 0.4) is 0 Å². The van der Waals surface area contributed by atoms with E-state index in [-0.39, 0.29) is 6.03 Å². The second kappa shape index (κ2) is 10.0. The fraction of sp³-hybridized carbons (Fsp3) is 0.800. The van der Waals surface area contributed by atoms with Crippen molar-refractivity contribution in [3.63, 3.8) is 0 Å². The Labute approximate surface area is 136 Å². The van der Waals surface area contributed by atoms with E-state index in [0.717, 1.165) is 32.7 Å². The van der Waals surface area contributed by atoms with Gasteiger partial charge in [-0.05, 0) is 19.4 Å². The topological polar surface area (TPSA) is 110 Å². The highest BCUT2D eigenvalue weighted by atomic mass is 16.4. The average Bonchev–Trinajstić information content (AvgIpc) is 2.56. The first-order chi connectivity index (χ1) is 10.9. The van der Waals surface area contributed by atoms with Gasteiger partial charge in [0, 0.05) is 32.2 Å². The summed E-state index contributed by atoms with van der Waals surface area (Å²) in [5, 5.41) is 18.0. The van der Waals surface area contributed by atoms with Crippen molar-refractivity contribution >= 4 is 18.0 Å². The van der Waals surface area contributed by atoms with Gasteiger partial charge in [0.2, 0.25) is 0 Å². The van der Waals surface area contributed by atoms with E-state index in [1.54, 1.807) is 0 Å². The van der Waals surface area contributed by atoms with Crippen molar-refractivity contribution in [2.75, 3.05) is 32.7 Å². The van der Waals surface area contributed by atoms with Crippen molar-refractivity contribution in [3.05, 3.63) is 0 Å². The molecule has 0 spiro atoms. The maximum atomic E-state index is 12.1. The number of urea groups is 1. The molecule has 8 nitrogen and oxygen atoms in total. The van der Waals surface area contributed by atoms with Crippen molar-refractivity contribution in [3.8, 4) is 0 Å². The van der Waals surface area contributed by atoms with Crippen LogP contribution in [0.4, 0.5) is 4.79 Å². The van der Waals surface area contributed by atoms with Crippen LogP contribution in [0.2, 0.25) is 0 Å². The number of nitrogens with zero attached hydrogens (tertiary/aromatic N) is 2. The molecule has 8 heteroatoms. The molecule has 2 aliphatic rings. The summed E-state index contributed by atoms with van der Waals surface area (Å²) in [4.78, 5) is 34.6. The smallest absolute Gasteiger partial charge is 0.414 e. The molecule has 0 atom stereocenters. The summed E-state index contributed by atoms with van der Waals surface area (Å²) in [6.45, 7) is 7.08. The molecule has 1 aliphatic carbocycles. The summed E-state index contributed by atoms with van der Waals surface area (Å²) in [5.41, 5.74) is 0. The van der Waals surface area contributed by atoms with E-state index >= 15 is 0 Å². The van der Waals surface area contributed by atoms with Gasteiger partial charge >= 0.3 is 18.0 Å².